The average Bonchev–Trinajstić information content (AvgIpc) is 2.38. The zero-order valence-corrected chi connectivity index (χ0v) is 10.0. The first-order chi connectivity index (χ1) is 9.47. The van der Waals surface area contributed by atoms with E-state index in [0.717, 1.165) is 12.1 Å². The number of hydrogen-bond acceptors (Lipinski definition) is 4. The van der Waals surface area contributed by atoms with Crippen molar-refractivity contribution in [2.45, 2.75) is 0 Å². The highest BCUT2D eigenvalue weighted by Gasteiger charge is 2.14. The monoisotopic (exact) mass is 276 g/mol. The summed E-state index contributed by atoms with van der Waals surface area (Å²) >= 11 is 0. The Morgan fingerprint density at radius 2 is 1.95 bits per heavy atom. The Bertz CT molecular complexity index is 688. The van der Waals surface area contributed by atoms with Gasteiger partial charge in [-0.05, 0) is 24.3 Å². The number of aromatic nitrogens is 1. The SMILES string of the molecule is O=C(O)c1cccc(NC(=O)c2ccc(O)cc2F)n1. The molecule has 0 bridgehead atoms. The maximum absolute atomic E-state index is 13.5. The van der Waals surface area contributed by atoms with E-state index in [-0.39, 0.29) is 22.8 Å². The minimum absolute atomic E-state index is 0.0117. The summed E-state index contributed by atoms with van der Waals surface area (Å²) in [7, 11) is 0. The predicted molar refractivity (Wildman–Crippen MR) is 67.2 cm³/mol. The van der Waals surface area contributed by atoms with Crippen molar-refractivity contribution >= 4 is 17.7 Å². The van der Waals surface area contributed by atoms with Crippen molar-refractivity contribution in [1.82, 2.24) is 4.98 Å². The van der Waals surface area contributed by atoms with E-state index in [9.17, 15) is 14.0 Å². The van der Waals surface area contributed by atoms with Crippen LogP contribution >= 0.6 is 0 Å². The molecule has 3 N–H and O–H groups in total. The van der Waals surface area contributed by atoms with Gasteiger partial charge in [-0.25, -0.2) is 14.2 Å². The van der Waals surface area contributed by atoms with Crippen molar-refractivity contribution in [2.75, 3.05) is 5.32 Å². The zero-order chi connectivity index (χ0) is 14.7. The van der Waals surface area contributed by atoms with Crippen LogP contribution < -0.4 is 5.32 Å². The van der Waals surface area contributed by atoms with Gasteiger partial charge in [0.2, 0.25) is 0 Å². The van der Waals surface area contributed by atoms with E-state index >= 15 is 0 Å². The molecule has 2 rings (SSSR count). The number of anilines is 1. The maximum atomic E-state index is 13.5. The van der Waals surface area contributed by atoms with Crippen LogP contribution in [0.1, 0.15) is 20.8 Å². The number of rotatable bonds is 3. The maximum Gasteiger partial charge on any atom is 0.354 e. The number of amides is 1. The molecular formula is C13H9FN2O4. The van der Waals surface area contributed by atoms with Gasteiger partial charge < -0.3 is 15.5 Å². The molecule has 20 heavy (non-hydrogen) atoms. The number of phenolic OH excluding ortho intramolecular Hbond substituents is 1. The second-order valence-corrected chi connectivity index (χ2v) is 3.83. The molecule has 0 radical (unpaired) electrons. The molecular weight excluding hydrogens is 267 g/mol. The number of carboxylic acids is 1. The van der Waals surface area contributed by atoms with Gasteiger partial charge in [0.1, 0.15) is 17.4 Å². The van der Waals surface area contributed by atoms with Gasteiger partial charge in [0.25, 0.3) is 5.91 Å². The van der Waals surface area contributed by atoms with Crippen LogP contribution in [0.4, 0.5) is 10.2 Å². The van der Waals surface area contributed by atoms with E-state index in [1.165, 1.54) is 24.3 Å². The van der Waals surface area contributed by atoms with E-state index in [1.807, 2.05) is 0 Å². The number of aromatic hydroxyl groups is 1. The fourth-order valence-electron chi connectivity index (χ4n) is 1.50. The van der Waals surface area contributed by atoms with Crippen LogP contribution in [0.2, 0.25) is 0 Å². The normalized spacial score (nSPS) is 10.1. The molecule has 0 aliphatic heterocycles. The molecule has 0 saturated carbocycles. The average molecular weight is 276 g/mol. The number of benzene rings is 1. The molecule has 0 atom stereocenters. The molecule has 1 amide bonds. The van der Waals surface area contributed by atoms with Crippen molar-refractivity contribution in [3.05, 3.63) is 53.5 Å². The van der Waals surface area contributed by atoms with Gasteiger partial charge in [-0.1, -0.05) is 6.07 Å². The molecule has 1 aromatic heterocycles. The van der Waals surface area contributed by atoms with E-state index in [2.05, 4.69) is 10.3 Å². The Hall–Kier alpha value is -2.96. The van der Waals surface area contributed by atoms with E-state index in [0.29, 0.717) is 0 Å². The number of halogens is 1. The molecule has 7 heteroatoms. The first kappa shape index (κ1) is 13.5. The number of nitrogens with one attached hydrogen (secondary N) is 1. The van der Waals surface area contributed by atoms with Crippen LogP contribution in [0.3, 0.4) is 0 Å². The summed E-state index contributed by atoms with van der Waals surface area (Å²) in [5.74, 6) is -3.24. The van der Waals surface area contributed by atoms with E-state index in [1.54, 1.807) is 0 Å². The molecule has 1 aromatic carbocycles. The van der Waals surface area contributed by atoms with Crippen LogP contribution in [-0.2, 0) is 0 Å². The number of hydrogen-bond donors (Lipinski definition) is 3. The number of carbonyl (C=O) groups is 2. The number of carboxylic acid groups (broad SMARTS) is 1. The van der Waals surface area contributed by atoms with Crippen molar-refractivity contribution in [2.24, 2.45) is 0 Å². The molecule has 0 aliphatic rings. The quantitative estimate of drug-likeness (QED) is 0.794. The molecule has 0 spiro atoms. The molecule has 102 valence electrons. The largest absolute Gasteiger partial charge is 0.508 e. The van der Waals surface area contributed by atoms with Crippen LogP contribution in [0.25, 0.3) is 0 Å². The lowest BCUT2D eigenvalue weighted by Gasteiger charge is -2.06. The van der Waals surface area contributed by atoms with Gasteiger partial charge in [-0.15, -0.1) is 0 Å². The first-order valence-electron chi connectivity index (χ1n) is 5.47. The fraction of sp³-hybridized carbons (Fsp3) is 0. The van der Waals surface area contributed by atoms with Gasteiger partial charge in [-0.2, -0.15) is 0 Å². The molecule has 0 unspecified atom stereocenters. The van der Waals surface area contributed by atoms with Crippen molar-refractivity contribution in [1.29, 1.82) is 0 Å². The Morgan fingerprint density at radius 1 is 1.20 bits per heavy atom. The van der Waals surface area contributed by atoms with Gasteiger partial charge >= 0.3 is 5.97 Å². The lowest BCUT2D eigenvalue weighted by atomic mass is 10.2. The Balaban J connectivity index is 2.23. The van der Waals surface area contributed by atoms with Gasteiger partial charge in [-0.3, -0.25) is 4.79 Å². The summed E-state index contributed by atoms with van der Waals surface area (Å²) < 4.78 is 13.5. The van der Waals surface area contributed by atoms with Crippen LogP contribution in [-0.4, -0.2) is 27.1 Å². The van der Waals surface area contributed by atoms with Gasteiger partial charge in [0, 0.05) is 6.07 Å². The number of nitrogens with zero attached hydrogens (tertiary/aromatic N) is 1. The minimum Gasteiger partial charge on any atom is -0.508 e. The highest BCUT2D eigenvalue weighted by Crippen LogP contribution is 2.16. The molecule has 0 saturated heterocycles. The van der Waals surface area contributed by atoms with E-state index in [4.69, 9.17) is 10.2 Å². The van der Waals surface area contributed by atoms with Crippen LogP contribution in [0, 0.1) is 5.82 Å². The lowest BCUT2D eigenvalue weighted by molar-refractivity contribution is 0.0690. The summed E-state index contributed by atoms with van der Waals surface area (Å²) in [5.41, 5.74) is -0.528. The predicted octanol–water partition coefficient (Wildman–Crippen LogP) is 1.88. The first-order valence-corrected chi connectivity index (χ1v) is 5.47. The number of phenols is 1. The molecule has 2 aromatic rings. The van der Waals surface area contributed by atoms with Gasteiger partial charge in [0.05, 0.1) is 5.56 Å². The highest BCUT2D eigenvalue weighted by molar-refractivity contribution is 6.04. The molecule has 0 aliphatic carbocycles. The summed E-state index contributed by atoms with van der Waals surface area (Å²) in [6, 6.07) is 7.12. The van der Waals surface area contributed by atoms with Crippen LogP contribution in [0.5, 0.6) is 5.75 Å². The van der Waals surface area contributed by atoms with Gasteiger partial charge in [0.15, 0.2) is 5.69 Å². The Labute approximate surface area is 112 Å². The second kappa shape index (κ2) is 5.35. The number of aromatic carboxylic acids is 1. The smallest absolute Gasteiger partial charge is 0.354 e. The third kappa shape index (κ3) is 2.89. The summed E-state index contributed by atoms with van der Waals surface area (Å²) in [6.07, 6.45) is 0. The van der Waals surface area contributed by atoms with Crippen molar-refractivity contribution in [3.8, 4) is 5.75 Å². The number of pyridine rings is 1. The molecule has 1 heterocycles. The van der Waals surface area contributed by atoms with Crippen LogP contribution in [0.15, 0.2) is 36.4 Å². The Morgan fingerprint density at radius 3 is 2.60 bits per heavy atom. The van der Waals surface area contributed by atoms with Crippen molar-refractivity contribution < 1.29 is 24.2 Å². The Kier molecular flexibility index (Phi) is 3.60. The topological polar surface area (TPSA) is 99.5 Å². The summed E-state index contributed by atoms with van der Waals surface area (Å²) in [4.78, 5) is 26.2. The minimum atomic E-state index is -1.24. The molecule has 6 nitrogen and oxygen atoms in total. The van der Waals surface area contributed by atoms with E-state index < -0.39 is 17.7 Å². The second-order valence-electron chi connectivity index (χ2n) is 3.83. The van der Waals surface area contributed by atoms with Crippen molar-refractivity contribution in [3.63, 3.8) is 0 Å². The molecule has 0 fully saturated rings. The summed E-state index contributed by atoms with van der Waals surface area (Å²) in [5, 5.41) is 20.1. The lowest BCUT2D eigenvalue weighted by Crippen LogP contribution is -2.15. The summed E-state index contributed by atoms with van der Waals surface area (Å²) in [6.45, 7) is 0. The highest BCUT2D eigenvalue weighted by atomic mass is 19.1. The standard InChI is InChI=1S/C13H9FN2O4/c14-9-6-7(17)4-5-8(9)12(18)16-11-3-1-2-10(15-11)13(19)20/h1-6,17H,(H,19,20)(H,15,16,18). The zero-order valence-electron chi connectivity index (χ0n) is 10.0. The number of carbonyl (C=O) groups excluding carboxylic acids is 1. The third-order valence-electron chi connectivity index (χ3n) is 2.41. The third-order valence-corrected chi connectivity index (χ3v) is 2.41. The fourth-order valence-corrected chi connectivity index (χ4v) is 1.50.